The molecule has 0 radical (unpaired) electrons. The van der Waals surface area contributed by atoms with E-state index in [0.717, 1.165) is 5.56 Å². The fourth-order valence-electron chi connectivity index (χ4n) is 2.37. The fraction of sp³-hybridized carbons (Fsp3) is 0.133. The summed E-state index contributed by atoms with van der Waals surface area (Å²) in [6.45, 7) is 2.05. The number of benzene rings is 1. The van der Waals surface area contributed by atoms with E-state index in [0.29, 0.717) is 22.3 Å². The Morgan fingerprint density at radius 3 is 2.68 bits per heavy atom. The van der Waals surface area contributed by atoms with Crippen molar-refractivity contribution >= 4 is 23.0 Å². The summed E-state index contributed by atoms with van der Waals surface area (Å²) in [6.07, 6.45) is 3.14. The number of rotatable bonds is 3. The maximum Gasteiger partial charge on any atom is 0.340 e. The summed E-state index contributed by atoms with van der Waals surface area (Å²) in [5, 5.41) is 7.66. The second kappa shape index (κ2) is 5.36. The SMILES string of the molecule is CCOC(=O)c1cn2cnnc(N)c2c1-c1ccc(N)cc1. The summed E-state index contributed by atoms with van der Waals surface area (Å²) < 4.78 is 6.79. The largest absolute Gasteiger partial charge is 0.462 e. The first-order valence-electron chi connectivity index (χ1n) is 6.76. The number of nitrogens with zero attached hydrogens (tertiary/aromatic N) is 3. The topological polar surface area (TPSA) is 109 Å². The van der Waals surface area contributed by atoms with Crippen molar-refractivity contribution in [3.05, 3.63) is 42.4 Å². The first-order chi connectivity index (χ1) is 10.6. The molecule has 0 aliphatic rings. The summed E-state index contributed by atoms with van der Waals surface area (Å²) in [4.78, 5) is 12.2. The molecule has 0 spiro atoms. The number of hydrogen-bond donors (Lipinski definition) is 2. The normalized spacial score (nSPS) is 10.8. The third-order valence-corrected chi connectivity index (χ3v) is 3.31. The van der Waals surface area contributed by atoms with Gasteiger partial charge >= 0.3 is 5.97 Å². The Labute approximate surface area is 126 Å². The quantitative estimate of drug-likeness (QED) is 0.563. The molecule has 0 aliphatic heterocycles. The Kier molecular flexibility index (Phi) is 3.38. The number of aromatic nitrogens is 3. The molecule has 1 aromatic carbocycles. The van der Waals surface area contributed by atoms with Crippen LogP contribution in [-0.2, 0) is 4.74 Å². The van der Waals surface area contributed by atoms with Gasteiger partial charge in [0.05, 0.1) is 17.7 Å². The molecular weight excluding hydrogens is 282 g/mol. The van der Waals surface area contributed by atoms with Gasteiger partial charge < -0.3 is 20.6 Å². The van der Waals surface area contributed by atoms with E-state index >= 15 is 0 Å². The highest BCUT2D eigenvalue weighted by atomic mass is 16.5. The molecule has 2 aromatic heterocycles. The third kappa shape index (κ3) is 2.22. The molecule has 0 bridgehead atoms. The van der Waals surface area contributed by atoms with Crippen LogP contribution in [0.3, 0.4) is 0 Å². The van der Waals surface area contributed by atoms with Gasteiger partial charge in [0, 0.05) is 17.4 Å². The molecule has 0 saturated heterocycles. The van der Waals surface area contributed by atoms with Gasteiger partial charge in [0.15, 0.2) is 5.82 Å². The van der Waals surface area contributed by atoms with Crippen molar-refractivity contribution in [3.63, 3.8) is 0 Å². The number of carbonyl (C=O) groups is 1. The molecule has 3 aromatic rings. The average molecular weight is 297 g/mol. The fourth-order valence-corrected chi connectivity index (χ4v) is 2.37. The predicted octanol–water partition coefficient (Wildman–Crippen LogP) is 1.74. The van der Waals surface area contributed by atoms with Crippen LogP contribution in [0.2, 0.25) is 0 Å². The Bertz CT molecular complexity index is 839. The lowest BCUT2D eigenvalue weighted by atomic mass is 10.0. The summed E-state index contributed by atoms with van der Waals surface area (Å²) in [5.41, 5.74) is 14.8. The molecule has 7 heteroatoms. The number of anilines is 2. The number of esters is 1. The van der Waals surface area contributed by atoms with E-state index in [9.17, 15) is 4.79 Å². The van der Waals surface area contributed by atoms with Crippen molar-refractivity contribution in [3.8, 4) is 11.1 Å². The van der Waals surface area contributed by atoms with Crippen molar-refractivity contribution in [2.45, 2.75) is 6.92 Å². The van der Waals surface area contributed by atoms with Crippen molar-refractivity contribution in [1.82, 2.24) is 14.6 Å². The van der Waals surface area contributed by atoms with Crippen molar-refractivity contribution in [1.29, 1.82) is 0 Å². The van der Waals surface area contributed by atoms with E-state index < -0.39 is 5.97 Å². The molecule has 22 heavy (non-hydrogen) atoms. The van der Waals surface area contributed by atoms with E-state index in [1.807, 2.05) is 12.1 Å². The van der Waals surface area contributed by atoms with Crippen LogP contribution in [0.5, 0.6) is 0 Å². The molecule has 3 rings (SSSR count). The summed E-state index contributed by atoms with van der Waals surface area (Å²) in [6, 6.07) is 7.18. The lowest BCUT2D eigenvalue weighted by molar-refractivity contribution is 0.0527. The third-order valence-electron chi connectivity index (χ3n) is 3.31. The zero-order valence-corrected chi connectivity index (χ0v) is 12.0. The number of hydrogen-bond acceptors (Lipinski definition) is 6. The highest BCUT2D eigenvalue weighted by molar-refractivity contribution is 6.04. The van der Waals surface area contributed by atoms with Crippen LogP contribution in [-0.4, -0.2) is 27.2 Å². The van der Waals surface area contributed by atoms with E-state index in [1.165, 1.54) is 6.33 Å². The van der Waals surface area contributed by atoms with E-state index in [-0.39, 0.29) is 12.4 Å². The maximum absolute atomic E-state index is 12.2. The molecule has 4 N–H and O–H groups in total. The van der Waals surface area contributed by atoms with Gasteiger partial charge in [-0.2, -0.15) is 0 Å². The molecule has 0 aliphatic carbocycles. The molecule has 7 nitrogen and oxygen atoms in total. The zero-order valence-electron chi connectivity index (χ0n) is 12.0. The Morgan fingerprint density at radius 2 is 2.00 bits per heavy atom. The van der Waals surface area contributed by atoms with Gasteiger partial charge in [0.2, 0.25) is 0 Å². The summed E-state index contributed by atoms with van der Waals surface area (Å²) in [7, 11) is 0. The van der Waals surface area contributed by atoms with E-state index in [1.54, 1.807) is 29.7 Å². The standard InChI is InChI=1S/C15H15N5O2/c1-2-22-15(21)11-7-20-8-18-19-14(17)13(20)12(11)9-3-5-10(16)6-4-9/h3-8H,2,16H2,1H3,(H2,17,19). The summed E-state index contributed by atoms with van der Waals surface area (Å²) in [5.74, 6) is -0.178. The predicted molar refractivity (Wildman–Crippen MR) is 83.2 cm³/mol. The molecule has 112 valence electrons. The smallest absolute Gasteiger partial charge is 0.340 e. The van der Waals surface area contributed by atoms with Crippen LogP contribution >= 0.6 is 0 Å². The van der Waals surface area contributed by atoms with Gasteiger partial charge in [-0.3, -0.25) is 0 Å². The van der Waals surface area contributed by atoms with E-state index in [2.05, 4.69) is 10.2 Å². The average Bonchev–Trinajstić information content (AvgIpc) is 2.89. The molecule has 0 unspecified atom stereocenters. The highest BCUT2D eigenvalue weighted by Crippen LogP contribution is 2.33. The van der Waals surface area contributed by atoms with Crippen molar-refractivity contribution in [2.24, 2.45) is 0 Å². The Hall–Kier alpha value is -3.09. The molecular formula is C15H15N5O2. The number of ether oxygens (including phenoxy) is 1. The number of carbonyl (C=O) groups excluding carboxylic acids is 1. The minimum Gasteiger partial charge on any atom is -0.462 e. The Morgan fingerprint density at radius 1 is 1.27 bits per heavy atom. The minimum atomic E-state index is -0.419. The number of nitrogens with two attached hydrogens (primary N) is 2. The second-order valence-electron chi connectivity index (χ2n) is 4.73. The van der Waals surface area contributed by atoms with Crippen LogP contribution in [0.15, 0.2) is 36.8 Å². The first-order valence-corrected chi connectivity index (χ1v) is 6.76. The van der Waals surface area contributed by atoms with Gasteiger partial charge in [-0.05, 0) is 24.6 Å². The molecule has 0 fully saturated rings. The van der Waals surface area contributed by atoms with Gasteiger partial charge in [-0.1, -0.05) is 12.1 Å². The molecule has 0 amide bonds. The van der Waals surface area contributed by atoms with Gasteiger partial charge in [-0.25, -0.2) is 4.79 Å². The molecule has 0 atom stereocenters. The highest BCUT2D eigenvalue weighted by Gasteiger charge is 2.21. The van der Waals surface area contributed by atoms with Crippen LogP contribution in [0.1, 0.15) is 17.3 Å². The van der Waals surface area contributed by atoms with Crippen molar-refractivity contribution < 1.29 is 9.53 Å². The zero-order chi connectivity index (χ0) is 15.7. The van der Waals surface area contributed by atoms with Crippen LogP contribution < -0.4 is 11.5 Å². The lowest BCUT2D eigenvalue weighted by Crippen LogP contribution is -2.04. The number of nitrogen functional groups attached to an aromatic ring is 2. The van der Waals surface area contributed by atoms with Crippen LogP contribution in [0.25, 0.3) is 16.6 Å². The Balaban J connectivity index is 2.31. The van der Waals surface area contributed by atoms with Crippen LogP contribution in [0.4, 0.5) is 11.5 Å². The summed E-state index contributed by atoms with van der Waals surface area (Å²) >= 11 is 0. The van der Waals surface area contributed by atoms with E-state index in [4.69, 9.17) is 16.2 Å². The van der Waals surface area contributed by atoms with Gasteiger partial charge in [-0.15, -0.1) is 10.2 Å². The minimum absolute atomic E-state index is 0.241. The second-order valence-corrected chi connectivity index (χ2v) is 4.73. The number of fused-ring (bicyclic) bond motifs is 1. The maximum atomic E-state index is 12.2. The lowest BCUT2D eigenvalue weighted by Gasteiger charge is -2.06. The van der Waals surface area contributed by atoms with Crippen LogP contribution in [0, 0.1) is 0 Å². The molecule has 2 heterocycles. The molecule has 0 saturated carbocycles. The first kappa shape index (κ1) is 13.9. The van der Waals surface area contributed by atoms with Gasteiger partial charge in [0.1, 0.15) is 6.33 Å². The van der Waals surface area contributed by atoms with Crippen molar-refractivity contribution in [2.75, 3.05) is 18.1 Å². The monoisotopic (exact) mass is 297 g/mol. The van der Waals surface area contributed by atoms with Gasteiger partial charge in [0.25, 0.3) is 0 Å².